The van der Waals surface area contributed by atoms with Crippen molar-refractivity contribution in [2.24, 2.45) is 0 Å². The number of rotatable bonds is 1. The zero-order valence-corrected chi connectivity index (χ0v) is 12.0. The van der Waals surface area contributed by atoms with Gasteiger partial charge in [-0.25, -0.2) is 0 Å². The molecule has 0 aliphatic carbocycles. The maximum absolute atomic E-state index is 2.28. The summed E-state index contributed by atoms with van der Waals surface area (Å²) in [6, 6.07) is 25.8. The highest BCUT2D eigenvalue weighted by molar-refractivity contribution is 5.94. The van der Waals surface area contributed by atoms with Gasteiger partial charge in [0.05, 0.1) is 5.39 Å². The normalized spacial score (nSPS) is 11.1. The predicted octanol–water partition coefficient (Wildman–Crippen LogP) is 4.55. The summed E-state index contributed by atoms with van der Waals surface area (Å²) < 4.78 is 2.26. The first kappa shape index (κ1) is 12.1. The lowest BCUT2D eigenvalue weighted by Crippen LogP contribution is -2.25. The second-order valence-electron chi connectivity index (χ2n) is 5.41. The summed E-state index contributed by atoms with van der Waals surface area (Å²) >= 11 is 0. The molecule has 21 heavy (non-hydrogen) atoms. The lowest BCUT2D eigenvalue weighted by molar-refractivity contribution is -0.518. The van der Waals surface area contributed by atoms with Crippen LogP contribution in [0.1, 0.15) is 5.69 Å². The van der Waals surface area contributed by atoms with Gasteiger partial charge in [-0.1, -0.05) is 48.5 Å². The highest BCUT2D eigenvalue weighted by atomic mass is 14.9. The van der Waals surface area contributed by atoms with Crippen molar-refractivity contribution in [3.8, 4) is 11.1 Å². The first-order valence-electron chi connectivity index (χ1n) is 7.22. The van der Waals surface area contributed by atoms with E-state index in [-0.39, 0.29) is 0 Å². The summed E-state index contributed by atoms with van der Waals surface area (Å²) in [5, 5.41) is 2.57. The fourth-order valence-electron chi connectivity index (χ4n) is 2.98. The Morgan fingerprint density at radius 1 is 0.714 bits per heavy atom. The van der Waals surface area contributed by atoms with Gasteiger partial charge in [0.1, 0.15) is 0 Å². The Labute approximate surface area is 124 Å². The van der Waals surface area contributed by atoms with Crippen LogP contribution < -0.4 is 4.40 Å². The van der Waals surface area contributed by atoms with E-state index in [1.807, 2.05) is 0 Å². The Morgan fingerprint density at radius 3 is 2.33 bits per heavy atom. The Kier molecular flexibility index (Phi) is 2.71. The molecule has 4 rings (SSSR count). The molecule has 0 atom stereocenters. The Balaban J connectivity index is 2.10. The zero-order chi connectivity index (χ0) is 14.2. The molecule has 0 radical (unpaired) electrons. The van der Waals surface area contributed by atoms with Crippen LogP contribution in [0.3, 0.4) is 0 Å². The molecule has 0 saturated carbocycles. The van der Waals surface area contributed by atoms with Crippen molar-refractivity contribution >= 4 is 16.3 Å². The van der Waals surface area contributed by atoms with Crippen LogP contribution in [0.15, 0.2) is 79.0 Å². The van der Waals surface area contributed by atoms with Gasteiger partial charge in [0, 0.05) is 25.1 Å². The molecule has 0 amide bonds. The Hall–Kier alpha value is -2.67. The number of pyridine rings is 2. The lowest BCUT2D eigenvalue weighted by atomic mass is 10.0. The van der Waals surface area contributed by atoms with Gasteiger partial charge in [0.15, 0.2) is 11.9 Å². The largest absolute Gasteiger partial charge is 0.219 e. The number of nitrogens with zero attached hydrogens (tertiary/aromatic N) is 1. The van der Waals surface area contributed by atoms with E-state index in [1.54, 1.807) is 0 Å². The number of aromatic nitrogens is 1. The number of benzene rings is 2. The van der Waals surface area contributed by atoms with Crippen molar-refractivity contribution in [3.05, 3.63) is 84.7 Å². The Morgan fingerprint density at radius 2 is 1.48 bits per heavy atom. The summed E-state index contributed by atoms with van der Waals surface area (Å²) in [5.74, 6) is 0. The van der Waals surface area contributed by atoms with Gasteiger partial charge >= 0.3 is 0 Å². The van der Waals surface area contributed by atoms with Crippen LogP contribution in [-0.2, 0) is 0 Å². The van der Waals surface area contributed by atoms with E-state index >= 15 is 0 Å². The molecule has 0 N–H and O–H groups in total. The molecule has 4 aromatic rings. The third kappa shape index (κ3) is 1.98. The van der Waals surface area contributed by atoms with Crippen LogP contribution in [-0.4, -0.2) is 0 Å². The topological polar surface area (TPSA) is 4.10 Å². The molecule has 0 saturated heterocycles. The van der Waals surface area contributed by atoms with E-state index in [0.29, 0.717) is 0 Å². The van der Waals surface area contributed by atoms with E-state index < -0.39 is 0 Å². The number of aryl methyl sites for hydroxylation is 1. The van der Waals surface area contributed by atoms with E-state index in [0.717, 1.165) is 0 Å². The quantitative estimate of drug-likeness (QED) is 0.353. The van der Waals surface area contributed by atoms with Crippen LogP contribution in [0.2, 0.25) is 0 Å². The minimum atomic E-state index is 1.25. The molecule has 0 aliphatic rings. The molecule has 1 heteroatoms. The standard InChI is InChI=1S/C20H16N/c1-15-13-18(16-7-3-2-4-8-16)14-20-19-10-6-5-9-17(19)11-12-21(15)20/h2-14H,1H3/q+1. The fourth-order valence-corrected chi connectivity index (χ4v) is 2.98. The molecule has 2 aromatic carbocycles. The second-order valence-corrected chi connectivity index (χ2v) is 5.41. The maximum atomic E-state index is 2.28. The summed E-state index contributed by atoms with van der Waals surface area (Å²) in [5.41, 5.74) is 5.03. The van der Waals surface area contributed by atoms with Crippen LogP contribution >= 0.6 is 0 Å². The minimum absolute atomic E-state index is 1.25. The zero-order valence-electron chi connectivity index (χ0n) is 12.0. The molecule has 100 valence electrons. The second kappa shape index (κ2) is 4.71. The molecule has 0 spiro atoms. The number of fused-ring (bicyclic) bond motifs is 3. The number of hydrogen-bond donors (Lipinski definition) is 0. The molecular weight excluding hydrogens is 254 g/mol. The van der Waals surface area contributed by atoms with Crippen LogP contribution in [0.25, 0.3) is 27.4 Å². The van der Waals surface area contributed by atoms with E-state index in [2.05, 4.69) is 90.3 Å². The van der Waals surface area contributed by atoms with Gasteiger partial charge in [-0.3, -0.25) is 0 Å². The molecule has 2 aromatic heterocycles. The van der Waals surface area contributed by atoms with Crippen LogP contribution in [0.4, 0.5) is 0 Å². The molecule has 0 fully saturated rings. The summed E-state index contributed by atoms with van der Waals surface area (Å²) in [4.78, 5) is 0. The monoisotopic (exact) mass is 270 g/mol. The molecule has 0 unspecified atom stereocenters. The molecule has 1 nitrogen and oxygen atoms in total. The first-order chi connectivity index (χ1) is 10.3. The third-order valence-corrected chi connectivity index (χ3v) is 4.04. The molecule has 2 heterocycles. The molecule has 0 bridgehead atoms. The lowest BCUT2D eigenvalue weighted by Gasteiger charge is -2.05. The van der Waals surface area contributed by atoms with E-state index in [4.69, 9.17) is 0 Å². The van der Waals surface area contributed by atoms with Crippen molar-refractivity contribution in [1.29, 1.82) is 0 Å². The summed E-state index contributed by atoms with van der Waals surface area (Å²) in [6.45, 7) is 2.16. The van der Waals surface area contributed by atoms with Crippen molar-refractivity contribution in [1.82, 2.24) is 0 Å². The minimum Gasteiger partial charge on any atom is -0.164 e. The highest BCUT2D eigenvalue weighted by Crippen LogP contribution is 2.24. The number of hydrogen-bond acceptors (Lipinski definition) is 0. The third-order valence-electron chi connectivity index (χ3n) is 4.04. The van der Waals surface area contributed by atoms with E-state index in [1.165, 1.54) is 33.1 Å². The smallest absolute Gasteiger partial charge is 0.164 e. The van der Waals surface area contributed by atoms with Crippen molar-refractivity contribution in [2.45, 2.75) is 6.92 Å². The average Bonchev–Trinajstić information content (AvgIpc) is 2.55. The average molecular weight is 270 g/mol. The molecular formula is C20H16N+. The van der Waals surface area contributed by atoms with Gasteiger partial charge < -0.3 is 0 Å². The highest BCUT2D eigenvalue weighted by Gasteiger charge is 2.12. The first-order valence-corrected chi connectivity index (χ1v) is 7.22. The maximum Gasteiger partial charge on any atom is 0.219 e. The van der Waals surface area contributed by atoms with Crippen LogP contribution in [0.5, 0.6) is 0 Å². The Bertz CT molecular complexity index is 940. The van der Waals surface area contributed by atoms with Crippen LogP contribution in [0, 0.1) is 6.92 Å². The van der Waals surface area contributed by atoms with E-state index in [9.17, 15) is 0 Å². The predicted molar refractivity (Wildman–Crippen MR) is 87.3 cm³/mol. The van der Waals surface area contributed by atoms with Gasteiger partial charge in [-0.2, -0.15) is 4.40 Å². The van der Waals surface area contributed by atoms with Crippen molar-refractivity contribution in [2.75, 3.05) is 0 Å². The van der Waals surface area contributed by atoms with Crippen molar-refractivity contribution in [3.63, 3.8) is 0 Å². The van der Waals surface area contributed by atoms with Gasteiger partial charge in [-0.15, -0.1) is 0 Å². The fraction of sp³-hybridized carbons (Fsp3) is 0.0500. The SMILES string of the molecule is Cc1cc(-c2ccccc2)cc2c3ccccc3cc[n+]12. The van der Waals surface area contributed by atoms with Gasteiger partial charge in [-0.05, 0) is 22.6 Å². The summed E-state index contributed by atoms with van der Waals surface area (Å²) in [6.07, 6.45) is 2.15. The van der Waals surface area contributed by atoms with Gasteiger partial charge in [0.25, 0.3) is 0 Å². The van der Waals surface area contributed by atoms with Crippen molar-refractivity contribution < 1.29 is 4.40 Å². The summed E-state index contributed by atoms with van der Waals surface area (Å²) in [7, 11) is 0. The molecule has 0 aliphatic heterocycles. The van der Waals surface area contributed by atoms with Gasteiger partial charge in [0.2, 0.25) is 5.52 Å².